The lowest BCUT2D eigenvalue weighted by atomic mass is 10.0. The molecule has 150 valence electrons. The molecular formula is C26H16F2N2O. The van der Waals surface area contributed by atoms with Crippen LogP contribution in [0.5, 0.6) is 0 Å². The van der Waals surface area contributed by atoms with Crippen molar-refractivity contribution in [2.75, 3.05) is 0 Å². The van der Waals surface area contributed by atoms with Gasteiger partial charge in [-0.2, -0.15) is 0 Å². The third-order valence-electron chi connectivity index (χ3n) is 5.04. The molecule has 0 N–H and O–H groups in total. The third kappa shape index (κ3) is 3.98. The van der Waals surface area contributed by atoms with Gasteiger partial charge in [0.1, 0.15) is 11.6 Å². The van der Waals surface area contributed by atoms with Crippen LogP contribution in [-0.2, 0) is 0 Å². The summed E-state index contributed by atoms with van der Waals surface area (Å²) >= 11 is 0. The molecule has 1 heterocycles. The highest BCUT2D eigenvalue weighted by Gasteiger charge is 2.11. The van der Waals surface area contributed by atoms with E-state index in [4.69, 9.17) is 4.42 Å². The predicted octanol–water partition coefficient (Wildman–Crippen LogP) is 7.02. The number of benzene rings is 4. The zero-order valence-corrected chi connectivity index (χ0v) is 16.3. The fourth-order valence-electron chi connectivity index (χ4n) is 3.35. The summed E-state index contributed by atoms with van der Waals surface area (Å²) in [5.41, 5.74) is 5.40. The van der Waals surface area contributed by atoms with Crippen LogP contribution < -0.4 is 0 Å². The molecule has 1 aromatic heterocycles. The van der Waals surface area contributed by atoms with Crippen molar-refractivity contribution in [3.05, 3.63) is 109 Å². The highest BCUT2D eigenvalue weighted by Crippen LogP contribution is 2.28. The molecule has 0 saturated carbocycles. The lowest BCUT2D eigenvalue weighted by Crippen LogP contribution is -1.81. The monoisotopic (exact) mass is 410 g/mol. The highest BCUT2D eigenvalue weighted by molar-refractivity contribution is 5.69. The maximum Gasteiger partial charge on any atom is 0.248 e. The van der Waals surface area contributed by atoms with Gasteiger partial charge >= 0.3 is 0 Å². The van der Waals surface area contributed by atoms with Crippen molar-refractivity contribution in [1.82, 2.24) is 10.2 Å². The lowest BCUT2D eigenvalue weighted by Gasteiger charge is -2.03. The van der Waals surface area contributed by atoms with Crippen molar-refractivity contribution in [1.29, 1.82) is 0 Å². The van der Waals surface area contributed by atoms with Gasteiger partial charge in [-0.05, 0) is 70.8 Å². The Labute approximate surface area is 177 Å². The molecular weight excluding hydrogens is 394 g/mol. The van der Waals surface area contributed by atoms with Crippen LogP contribution in [0.25, 0.3) is 45.2 Å². The molecule has 0 aliphatic carbocycles. The number of hydrogen-bond acceptors (Lipinski definition) is 3. The molecule has 0 bridgehead atoms. The molecule has 0 unspecified atom stereocenters. The predicted molar refractivity (Wildman–Crippen MR) is 116 cm³/mol. The van der Waals surface area contributed by atoms with Crippen molar-refractivity contribution in [3.63, 3.8) is 0 Å². The molecule has 0 radical (unpaired) electrons. The number of halogens is 2. The molecule has 0 amide bonds. The average molecular weight is 410 g/mol. The second-order valence-electron chi connectivity index (χ2n) is 7.08. The van der Waals surface area contributed by atoms with E-state index >= 15 is 0 Å². The lowest BCUT2D eigenvalue weighted by molar-refractivity contribution is 0.584. The van der Waals surface area contributed by atoms with Crippen LogP contribution >= 0.6 is 0 Å². The summed E-state index contributed by atoms with van der Waals surface area (Å²) in [6, 6.07) is 28.0. The van der Waals surface area contributed by atoms with Gasteiger partial charge in [-0.25, -0.2) is 8.78 Å². The van der Waals surface area contributed by atoms with E-state index in [1.165, 1.54) is 24.3 Å². The Bertz CT molecular complexity index is 1200. The molecule has 31 heavy (non-hydrogen) atoms. The van der Waals surface area contributed by atoms with Crippen molar-refractivity contribution >= 4 is 0 Å². The smallest absolute Gasteiger partial charge is 0.248 e. The molecule has 0 spiro atoms. The van der Waals surface area contributed by atoms with Gasteiger partial charge in [0.25, 0.3) is 0 Å². The van der Waals surface area contributed by atoms with Crippen LogP contribution in [0.4, 0.5) is 8.78 Å². The van der Waals surface area contributed by atoms with Crippen LogP contribution in [-0.4, -0.2) is 10.2 Å². The van der Waals surface area contributed by atoms with E-state index < -0.39 is 0 Å². The Kier molecular flexibility index (Phi) is 4.84. The average Bonchev–Trinajstić information content (AvgIpc) is 3.31. The second kappa shape index (κ2) is 7.95. The standard InChI is InChI=1S/C26H16F2N2O/c27-23-13-9-19(10-14-23)17-1-5-21(6-2-17)25-29-30-26(31-25)22-7-3-18(4-8-22)20-11-15-24(28)16-12-20/h1-16H. The van der Waals surface area contributed by atoms with E-state index in [1.54, 1.807) is 24.3 Å². The summed E-state index contributed by atoms with van der Waals surface area (Å²) < 4.78 is 32.1. The first-order valence-electron chi connectivity index (χ1n) is 9.72. The summed E-state index contributed by atoms with van der Waals surface area (Å²) in [6.07, 6.45) is 0. The van der Waals surface area contributed by atoms with E-state index in [9.17, 15) is 8.78 Å². The van der Waals surface area contributed by atoms with Crippen LogP contribution in [0.15, 0.2) is 101 Å². The minimum atomic E-state index is -0.260. The van der Waals surface area contributed by atoms with E-state index in [1.807, 2.05) is 48.5 Å². The van der Waals surface area contributed by atoms with Gasteiger partial charge in [0.15, 0.2) is 0 Å². The number of hydrogen-bond donors (Lipinski definition) is 0. The van der Waals surface area contributed by atoms with Crippen molar-refractivity contribution in [3.8, 4) is 45.2 Å². The Morgan fingerprint density at radius 1 is 0.387 bits per heavy atom. The number of aromatic nitrogens is 2. The van der Waals surface area contributed by atoms with Gasteiger partial charge in [0.2, 0.25) is 11.8 Å². The summed E-state index contributed by atoms with van der Waals surface area (Å²) in [4.78, 5) is 0. The molecule has 0 fully saturated rings. The summed E-state index contributed by atoms with van der Waals surface area (Å²) in [6.45, 7) is 0. The molecule has 0 atom stereocenters. The van der Waals surface area contributed by atoms with E-state index in [-0.39, 0.29) is 11.6 Å². The van der Waals surface area contributed by atoms with Crippen LogP contribution in [0.2, 0.25) is 0 Å². The van der Waals surface area contributed by atoms with Crippen LogP contribution in [0, 0.1) is 11.6 Å². The maximum atomic E-state index is 13.1. The van der Waals surface area contributed by atoms with Crippen LogP contribution in [0.3, 0.4) is 0 Å². The highest BCUT2D eigenvalue weighted by atomic mass is 19.1. The Balaban J connectivity index is 1.36. The van der Waals surface area contributed by atoms with Crippen molar-refractivity contribution in [2.45, 2.75) is 0 Å². The first kappa shape index (κ1) is 18.9. The van der Waals surface area contributed by atoms with E-state index in [0.29, 0.717) is 11.8 Å². The summed E-state index contributed by atoms with van der Waals surface area (Å²) in [7, 11) is 0. The minimum Gasteiger partial charge on any atom is -0.416 e. The van der Waals surface area contributed by atoms with Crippen LogP contribution in [0.1, 0.15) is 0 Å². The minimum absolute atomic E-state index is 0.260. The molecule has 4 aromatic carbocycles. The molecule has 5 rings (SSSR count). The first-order valence-corrected chi connectivity index (χ1v) is 9.72. The van der Waals surface area contributed by atoms with Gasteiger partial charge in [-0.15, -0.1) is 10.2 Å². The van der Waals surface area contributed by atoms with E-state index in [0.717, 1.165) is 33.4 Å². The fourth-order valence-corrected chi connectivity index (χ4v) is 3.35. The largest absolute Gasteiger partial charge is 0.416 e. The molecule has 5 heteroatoms. The third-order valence-corrected chi connectivity index (χ3v) is 5.04. The Morgan fingerprint density at radius 2 is 0.645 bits per heavy atom. The maximum absolute atomic E-state index is 13.1. The first-order chi connectivity index (χ1) is 15.2. The number of nitrogens with zero attached hydrogens (tertiary/aromatic N) is 2. The van der Waals surface area contributed by atoms with Gasteiger partial charge in [-0.1, -0.05) is 48.5 Å². The molecule has 5 aromatic rings. The molecule has 0 aliphatic rings. The SMILES string of the molecule is Fc1ccc(-c2ccc(-c3nnc(-c4ccc(-c5ccc(F)cc5)cc4)o3)cc2)cc1. The summed E-state index contributed by atoms with van der Waals surface area (Å²) in [5.74, 6) is 0.320. The fraction of sp³-hybridized carbons (Fsp3) is 0. The Morgan fingerprint density at radius 3 is 0.968 bits per heavy atom. The summed E-state index contributed by atoms with van der Waals surface area (Å²) in [5, 5.41) is 8.32. The quantitative estimate of drug-likeness (QED) is 0.320. The molecule has 3 nitrogen and oxygen atoms in total. The number of rotatable bonds is 4. The molecule has 0 aliphatic heterocycles. The Hall–Kier alpha value is -4.12. The van der Waals surface area contributed by atoms with E-state index in [2.05, 4.69) is 10.2 Å². The zero-order chi connectivity index (χ0) is 21.2. The van der Waals surface area contributed by atoms with Gasteiger partial charge in [-0.3, -0.25) is 0 Å². The van der Waals surface area contributed by atoms with Crippen molar-refractivity contribution < 1.29 is 13.2 Å². The zero-order valence-electron chi connectivity index (χ0n) is 16.3. The topological polar surface area (TPSA) is 38.9 Å². The normalized spacial score (nSPS) is 10.9. The van der Waals surface area contributed by atoms with Gasteiger partial charge in [0, 0.05) is 11.1 Å². The van der Waals surface area contributed by atoms with Gasteiger partial charge < -0.3 is 4.42 Å². The van der Waals surface area contributed by atoms with Crippen molar-refractivity contribution in [2.24, 2.45) is 0 Å². The molecule has 0 saturated heterocycles. The second-order valence-corrected chi connectivity index (χ2v) is 7.08. The van der Waals surface area contributed by atoms with Gasteiger partial charge in [0.05, 0.1) is 0 Å².